The van der Waals surface area contributed by atoms with Crippen molar-refractivity contribution in [1.82, 2.24) is 10.2 Å². The van der Waals surface area contributed by atoms with Crippen molar-refractivity contribution in [2.75, 3.05) is 11.5 Å². The van der Waals surface area contributed by atoms with Crippen LogP contribution in [0.3, 0.4) is 0 Å². The van der Waals surface area contributed by atoms with Crippen LogP contribution in [-0.4, -0.2) is 10.2 Å². The monoisotopic (exact) mass is 270 g/mol. The minimum atomic E-state index is -0.322. The number of halogens is 1. The van der Waals surface area contributed by atoms with E-state index < -0.39 is 0 Å². The Labute approximate surface area is 114 Å². The van der Waals surface area contributed by atoms with Gasteiger partial charge in [0.1, 0.15) is 5.82 Å². The van der Waals surface area contributed by atoms with Crippen LogP contribution in [0.25, 0.3) is 22.9 Å². The highest BCUT2D eigenvalue weighted by Crippen LogP contribution is 2.26. The van der Waals surface area contributed by atoms with Crippen molar-refractivity contribution in [2.24, 2.45) is 0 Å². The molecule has 0 atom stereocenters. The van der Waals surface area contributed by atoms with Crippen molar-refractivity contribution in [2.45, 2.75) is 0 Å². The topological polar surface area (TPSA) is 91.0 Å². The smallest absolute Gasteiger partial charge is 0.248 e. The molecule has 1 heterocycles. The van der Waals surface area contributed by atoms with Crippen LogP contribution in [0, 0.1) is 5.82 Å². The molecule has 5 nitrogen and oxygen atoms in total. The first-order valence-electron chi connectivity index (χ1n) is 5.88. The van der Waals surface area contributed by atoms with Crippen molar-refractivity contribution < 1.29 is 8.81 Å². The van der Waals surface area contributed by atoms with E-state index in [1.807, 2.05) is 0 Å². The van der Waals surface area contributed by atoms with Crippen LogP contribution < -0.4 is 11.5 Å². The molecule has 0 aliphatic carbocycles. The Morgan fingerprint density at radius 1 is 0.800 bits per heavy atom. The van der Waals surface area contributed by atoms with E-state index in [0.29, 0.717) is 34.3 Å². The van der Waals surface area contributed by atoms with Crippen molar-refractivity contribution in [1.29, 1.82) is 0 Å². The molecule has 0 bridgehead atoms. The van der Waals surface area contributed by atoms with E-state index in [0.717, 1.165) is 0 Å². The molecule has 0 spiro atoms. The first-order valence-corrected chi connectivity index (χ1v) is 5.88. The van der Waals surface area contributed by atoms with Crippen molar-refractivity contribution in [3.05, 3.63) is 48.3 Å². The number of hydrogen-bond acceptors (Lipinski definition) is 5. The lowest BCUT2D eigenvalue weighted by Crippen LogP contribution is -1.91. The quantitative estimate of drug-likeness (QED) is 0.698. The van der Waals surface area contributed by atoms with Gasteiger partial charge in [0.25, 0.3) is 0 Å². The summed E-state index contributed by atoms with van der Waals surface area (Å²) in [5.41, 5.74) is 13.8. The number of hydrogen-bond donors (Lipinski definition) is 2. The van der Waals surface area contributed by atoms with Gasteiger partial charge in [0.2, 0.25) is 11.8 Å². The summed E-state index contributed by atoms with van der Waals surface area (Å²) in [5, 5.41) is 7.88. The highest BCUT2D eigenvalue weighted by molar-refractivity contribution is 5.67. The zero-order valence-corrected chi connectivity index (χ0v) is 10.4. The van der Waals surface area contributed by atoms with Crippen LogP contribution in [0.15, 0.2) is 46.9 Å². The van der Waals surface area contributed by atoms with Crippen LogP contribution in [0.1, 0.15) is 0 Å². The summed E-state index contributed by atoms with van der Waals surface area (Å²) >= 11 is 0. The van der Waals surface area contributed by atoms with Gasteiger partial charge in [0.05, 0.1) is 0 Å². The van der Waals surface area contributed by atoms with Gasteiger partial charge in [-0.2, -0.15) is 0 Å². The van der Waals surface area contributed by atoms with Gasteiger partial charge in [0, 0.05) is 22.5 Å². The Kier molecular flexibility index (Phi) is 2.83. The SMILES string of the molecule is Nc1cc(N)cc(-c2nnc(-c3ccc(F)cc3)o2)c1. The Bertz CT molecular complexity index is 732. The third-order valence-electron chi connectivity index (χ3n) is 2.74. The highest BCUT2D eigenvalue weighted by atomic mass is 19.1. The number of nitrogens with zero attached hydrogens (tertiary/aromatic N) is 2. The molecule has 0 saturated carbocycles. The molecule has 3 aromatic rings. The second-order valence-electron chi connectivity index (χ2n) is 4.31. The predicted octanol–water partition coefficient (Wildman–Crippen LogP) is 2.71. The van der Waals surface area contributed by atoms with Gasteiger partial charge in [-0.15, -0.1) is 10.2 Å². The molecule has 2 aromatic carbocycles. The lowest BCUT2D eigenvalue weighted by Gasteiger charge is -2.00. The second kappa shape index (κ2) is 4.65. The predicted molar refractivity (Wildman–Crippen MR) is 74.0 cm³/mol. The maximum atomic E-state index is 12.9. The summed E-state index contributed by atoms with van der Waals surface area (Å²) < 4.78 is 18.4. The van der Waals surface area contributed by atoms with E-state index in [1.54, 1.807) is 30.3 Å². The fraction of sp³-hybridized carbons (Fsp3) is 0. The number of nitrogens with two attached hydrogens (primary N) is 2. The molecule has 0 aliphatic rings. The fourth-order valence-corrected chi connectivity index (χ4v) is 1.85. The normalized spacial score (nSPS) is 10.7. The van der Waals surface area contributed by atoms with E-state index in [2.05, 4.69) is 10.2 Å². The lowest BCUT2D eigenvalue weighted by atomic mass is 10.2. The number of benzene rings is 2. The summed E-state index contributed by atoms with van der Waals surface area (Å²) in [6.07, 6.45) is 0. The average Bonchev–Trinajstić information content (AvgIpc) is 2.88. The van der Waals surface area contributed by atoms with Gasteiger partial charge in [-0.25, -0.2) is 4.39 Å². The molecular weight excluding hydrogens is 259 g/mol. The van der Waals surface area contributed by atoms with Crippen LogP contribution >= 0.6 is 0 Å². The molecule has 0 aliphatic heterocycles. The summed E-state index contributed by atoms with van der Waals surface area (Å²) in [5.74, 6) is 0.293. The van der Waals surface area contributed by atoms with E-state index >= 15 is 0 Å². The average molecular weight is 270 g/mol. The Balaban J connectivity index is 1.99. The maximum absolute atomic E-state index is 12.9. The van der Waals surface area contributed by atoms with Gasteiger partial charge >= 0.3 is 0 Å². The molecule has 0 saturated heterocycles. The zero-order chi connectivity index (χ0) is 14.1. The van der Waals surface area contributed by atoms with Crippen LogP contribution in [0.2, 0.25) is 0 Å². The number of aromatic nitrogens is 2. The van der Waals surface area contributed by atoms with Gasteiger partial charge < -0.3 is 15.9 Å². The van der Waals surface area contributed by atoms with E-state index in [4.69, 9.17) is 15.9 Å². The molecule has 0 amide bonds. The molecule has 0 unspecified atom stereocenters. The number of rotatable bonds is 2. The van der Waals surface area contributed by atoms with Gasteiger partial charge in [-0.1, -0.05) is 0 Å². The Hall–Kier alpha value is -2.89. The summed E-state index contributed by atoms with van der Waals surface area (Å²) in [6.45, 7) is 0. The van der Waals surface area contributed by atoms with Crippen molar-refractivity contribution in [3.8, 4) is 22.9 Å². The van der Waals surface area contributed by atoms with E-state index in [-0.39, 0.29) is 5.82 Å². The number of anilines is 2. The fourth-order valence-electron chi connectivity index (χ4n) is 1.85. The molecule has 20 heavy (non-hydrogen) atoms. The minimum Gasteiger partial charge on any atom is -0.416 e. The molecule has 3 rings (SSSR count). The van der Waals surface area contributed by atoms with E-state index in [9.17, 15) is 4.39 Å². The summed E-state index contributed by atoms with van der Waals surface area (Å²) in [4.78, 5) is 0. The third-order valence-corrected chi connectivity index (χ3v) is 2.74. The van der Waals surface area contributed by atoms with Gasteiger partial charge in [-0.3, -0.25) is 0 Å². The molecular formula is C14H11FN4O. The standard InChI is InChI=1S/C14H11FN4O/c15-10-3-1-8(2-4-10)13-18-19-14(20-13)9-5-11(16)7-12(17)6-9/h1-7H,16-17H2. The Morgan fingerprint density at radius 2 is 1.35 bits per heavy atom. The largest absolute Gasteiger partial charge is 0.416 e. The maximum Gasteiger partial charge on any atom is 0.248 e. The molecule has 0 fully saturated rings. The third kappa shape index (κ3) is 2.31. The molecule has 100 valence electrons. The highest BCUT2D eigenvalue weighted by Gasteiger charge is 2.11. The number of nitrogen functional groups attached to an aromatic ring is 2. The first kappa shape index (κ1) is 12.2. The van der Waals surface area contributed by atoms with Crippen molar-refractivity contribution in [3.63, 3.8) is 0 Å². The van der Waals surface area contributed by atoms with E-state index in [1.165, 1.54) is 12.1 Å². The Morgan fingerprint density at radius 3 is 1.95 bits per heavy atom. The lowest BCUT2D eigenvalue weighted by molar-refractivity contribution is 0.584. The van der Waals surface area contributed by atoms with Crippen LogP contribution in [0.4, 0.5) is 15.8 Å². The molecule has 0 radical (unpaired) electrons. The van der Waals surface area contributed by atoms with Crippen molar-refractivity contribution >= 4 is 11.4 Å². The molecule has 4 N–H and O–H groups in total. The van der Waals surface area contributed by atoms with Gasteiger partial charge in [-0.05, 0) is 42.5 Å². The molecule has 1 aromatic heterocycles. The van der Waals surface area contributed by atoms with Crippen LogP contribution in [-0.2, 0) is 0 Å². The minimum absolute atomic E-state index is 0.306. The first-order chi connectivity index (χ1) is 9.61. The second-order valence-corrected chi connectivity index (χ2v) is 4.31. The zero-order valence-electron chi connectivity index (χ0n) is 10.4. The van der Waals surface area contributed by atoms with Crippen LogP contribution in [0.5, 0.6) is 0 Å². The molecule has 6 heteroatoms. The van der Waals surface area contributed by atoms with Gasteiger partial charge in [0.15, 0.2) is 0 Å². The summed E-state index contributed by atoms with van der Waals surface area (Å²) in [6, 6.07) is 10.8. The summed E-state index contributed by atoms with van der Waals surface area (Å²) in [7, 11) is 0.